The highest BCUT2D eigenvalue weighted by Gasteiger charge is 2.34. The second kappa shape index (κ2) is 9.70. The Labute approximate surface area is 174 Å². The lowest BCUT2D eigenvalue weighted by Crippen LogP contribution is -2.52. The van der Waals surface area contributed by atoms with Crippen molar-refractivity contribution in [1.82, 2.24) is 20.1 Å². The van der Waals surface area contributed by atoms with Crippen molar-refractivity contribution in [3.05, 3.63) is 30.1 Å². The monoisotopic (exact) mass is 398 g/mol. The molecule has 1 aromatic heterocycles. The van der Waals surface area contributed by atoms with Crippen LogP contribution < -0.4 is 5.32 Å². The summed E-state index contributed by atoms with van der Waals surface area (Å²) in [5, 5.41) is 3.09. The summed E-state index contributed by atoms with van der Waals surface area (Å²) < 4.78 is 0. The van der Waals surface area contributed by atoms with E-state index in [1.54, 1.807) is 12.4 Å². The van der Waals surface area contributed by atoms with Crippen LogP contribution in [0.5, 0.6) is 0 Å². The number of nitrogens with one attached hydrogen (secondary N) is 1. The van der Waals surface area contributed by atoms with Gasteiger partial charge in [0.05, 0.1) is 5.92 Å². The van der Waals surface area contributed by atoms with Crippen molar-refractivity contribution >= 4 is 11.8 Å². The molecule has 1 N–H and O–H groups in total. The fraction of sp³-hybridized carbons (Fsp3) is 0.696. The molecule has 4 rings (SSSR count). The summed E-state index contributed by atoms with van der Waals surface area (Å²) in [5.41, 5.74) is 1.04. The highest BCUT2D eigenvalue weighted by molar-refractivity contribution is 5.79. The van der Waals surface area contributed by atoms with E-state index in [1.165, 1.54) is 12.8 Å². The molecule has 1 aromatic rings. The summed E-state index contributed by atoms with van der Waals surface area (Å²) in [6, 6.07) is 4.39. The zero-order valence-electron chi connectivity index (χ0n) is 17.4. The second-order valence-corrected chi connectivity index (χ2v) is 8.95. The third-order valence-electron chi connectivity index (χ3n) is 7.01. The van der Waals surface area contributed by atoms with Gasteiger partial charge in [0.2, 0.25) is 11.8 Å². The number of carbonyl (C=O) groups is 2. The van der Waals surface area contributed by atoms with Crippen LogP contribution in [0.15, 0.2) is 24.5 Å². The summed E-state index contributed by atoms with van der Waals surface area (Å²) in [5.74, 6) is 0.910. The van der Waals surface area contributed by atoms with Crippen molar-refractivity contribution in [2.45, 2.75) is 64.0 Å². The van der Waals surface area contributed by atoms with Crippen molar-refractivity contribution in [2.24, 2.45) is 11.8 Å². The number of likely N-dealkylation sites (tertiary alicyclic amines) is 2. The molecule has 3 heterocycles. The molecule has 0 radical (unpaired) electrons. The molecule has 0 bridgehead atoms. The minimum atomic E-state index is 0.0681. The molecule has 3 aliphatic rings. The number of carbonyl (C=O) groups excluding carboxylic acids is 2. The van der Waals surface area contributed by atoms with Gasteiger partial charge in [0.15, 0.2) is 0 Å². The summed E-state index contributed by atoms with van der Waals surface area (Å²) in [6.07, 6.45) is 12.3. The third kappa shape index (κ3) is 5.16. The van der Waals surface area contributed by atoms with Crippen LogP contribution in [0, 0.1) is 11.8 Å². The molecule has 6 heteroatoms. The molecule has 2 aliphatic heterocycles. The van der Waals surface area contributed by atoms with Crippen LogP contribution in [0.1, 0.15) is 56.9 Å². The van der Waals surface area contributed by atoms with Gasteiger partial charge in [-0.05, 0) is 56.7 Å². The quantitative estimate of drug-likeness (QED) is 0.828. The molecule has 0 unspecified atom stereocenters. The largest absolute Gasteiger partial charge is 0.352 e. The number of amides is 2. The van der Waals surface area contributed by atoms with Crippen molar-refractivity contribution in [2.75, 3.05) is 26.2 Å². The molecule has 1 atom stereocenters. The average molecular weight is 399 g/mol. The molecule has 158 valence electrons. The predicted molar refractivity (Wildman–Crippen MR) is 112 cm³/mol. The molecular formula is C23H34N4O2. The first-order chi connectivity index (χ1) is 14.2. The van der Waals surface area contributed by atoms with Gasteiger partial charge in [-0.2, -0.15) is 0 Å². The van der Waals surface area contributed by atoms with Crippen LogP contribution in [-0.2, 0) is 16.1 Å². The van der Waals surface area contributed by atoms with Crippen LogP contribution >= 0.6 is 0 Å². The molecule has 1 aliphatic carbocycles. The first-order valence-electron chi connectivity index (χ1n) is 11.4. The van der Waals surface area contributed by atoms with Crippen molar-refractivity contribution in [3.63, 3.8) is 0 Å². The highest BCUT2D eigenvalue weighted by Crippen LogP contribution is 2.29. The number of aromatic nitrogens is 1. The van der Waals surface area contributed by atoms with Gasteiger partial charge in [-0.1, -0.05) is 18.9 Å². The lowest BCUT2D eigenvalue weighted by atomic mass is 9.93. The number of hydrogen-bond donors (Lipinski definition) is 1. The van der Waals surface area contributed by atoms with Gasteiger partial charge in [-0.15, -0.1) is 0 Å². The Morgan fingerprint density at radius 2 is 1.76 bits per heavy atom. The zero-order valence-corrected chi connectivity index (χ0v) is 17.4. The second-order valence-electron chi connectivity index (χ2n) is 8.95. The van der Waals surface area contributed by atoms with Gasteiger partial charge in [0.1, 0.15) is 0 Å². The summed E-state index contributed by atoms with van der Waals surface area (Å²) >= 11 is 0. The van der Waals surface area contributed by atoms with Crippen molar-refractivity contribution in [3.8, 4) is 0 Å². The van der Waals surface area contributed by atoms with E-state index in [9.17, 15) is 9.59 Å². The Bertz CT molecular complexity index is 681. The molecule has 2 amide bonds. The van der Waals surface area contributed by atoms with E-state index in [4.69, 9.17) is 0 Å². The maximum atomic E-state index is 12.7. The average Bonchev–Trinajstić information content (AvgIpc) is 3.33. The number of rotatable bonds is 5. The lowest BCUT2D eigenvalue weighted by Gasteiger charge is -2.42. The van der Waals surface area contributed by atoms with E-state index in [0.29, 0.717) is 18.5 Å². The van der Waals surface area contributed by atoms with Crippen LogP contribution in [-0.4, -0.2) is 58.8 Å². The third-order valence-corrected chi connectivity index (χ3v) is 7.01. The number of hydrogen-bond acceptors (Lipinski definition) is 4. The van der Waals surface area contributed by atoms with E-state index in [0.717, 1.165) is 70.3 Å². The Balaban J connectivity index is 1.23. The van der Waals surface area contributed by atoms with E-state index in [2.05, 4.69) is 20.1 Å². The number of pyridine rings is 1. The Kier molecular flexibility index (Phi) is 6.80. The van der Waals surface area contributed by atoms with Gasteiger partial charge in [-0.25, -0.2) is 0 Å². The highest BCUT2D eigenvalue weighted by atomic mass is 16.2. The molecule has 29 heavy (non-hydrogen) atoms. The van der Waals surface area contributed by atoms with E-state index in [-0.39, 0.29) is 17.7 Å². The van der Waals surface area contributed by atoms with Crippen LogP contribution in [0.25, 0.3) is 0 Å². The topological polar surface area (TPSA) is 65.5 Å². The minimum Gasteiger partial charge on any atom is -0.352 e. The van der Waals surface area contributed by atoms with Crippen LogP contribution in [0.4, 0.5) is 0 Å². The fourth-order valence-corrected chi connectivity index (χ4v) is 5.27. The smallest absolute Gasteiger partial charge is 0.225 e. The van der Waals surface area contributed by atoms with Gasteiger partial charge in [0.25, 0.3) is 0 Å². The minimum absolute atomic E-state index is 0.0681. The first kappa shape index (κ1) is 20.3. The van der Waals surface area contributed by atoms with Gasteiger partial charge >= 0.3 is 0 Å². The molecular weight excluding hydrogens is 364 g/mol. The normalized spacial score (nSPS) is 24.6. The molecule has 1 saturated carbocycles. The molecule has 6 nitrogen and oxygen atoms in total. The first-order valence-corrected chi connectivity index (χ1v) is 11.4. The molecule has 2 saturated heterocycles. The Morgan fingerprint density at radius 1 is 1.00 bits per heavy atom. The summed E-state index contributed by atoms with van der Waals surface area (Å²) in [4.78, 5) is 34.1. The zero-order chi connectivity index (χ0) is 20.1. The van der Waals surface area contributed by atoms with Gasteiger partial charge < -0.3 is 10.2 Å². The van der Waals surface area contributed by atoms with Crippen molar-refractivity contribution in [1.29, 1.82) is 0 Å². The summed E-state index contributed by atoms with van der Waals surface area (Å²) in [7, 11) is 0. The molecule has 0 spiro atoms. The van der Waals surface area contributed by atoms with Gasteiger partial charge in [-0.3, -0.25) is 19.5 Å². The lowest BCUT2D eigenvalue weighted by molar-refractivity contribution is -0.137. The molecule has 3 fully saturated rings. The van der Waals surface area contributed by atoms with Crippen LogP contribution in [0.3, 0.4) is 0 Å². The number of nitrogens with zero attached hydrogens (tertiary/aromatic N) is 3. The fourth-order valence-electron chi connectivity index (χ4n) is 5.27. The maximum Gasteiger partial charge on any atom is 0.225 e. The van der Waals surface area contributed by atoms with Crippen molar-refractivity contribution < 1.29 is 9.59 Å². The Morgan fingerprint density at radius 3 is 2.48 bits per heavy atom. The van der Waals surface area contributed by atoms with E-state index >= 15 is 0 Å². The Hall–Kier alpha value is -1.95. The summed E-state index contributed by atoms with van der Waals surface area (Å²) in [6.45, 7) is 4.24. The number of piperidine rings is 2. The molecule has 0 aromatic carbocycles. The van der Waals surface area contributed by atoms with Gasteiger partial charge in [0, 0.05) is 50.5 Å². The SMILES string of the molecule is O=C(NCc1cccnc1)[C@H]1CCCN(C2CCN(C(=O)C3CCCC3)CC2)C1. The van der Waals surface area contributed by atoms with E-state index < -0.39 is 0 Å². The predicted octanol–water partition coefficient (Wildman–Crippen LogP) is 2.59. The van der Waals surface area contributed by atoms with E-state index in [1.807, 2.05) is 12.1 Å². The standard InChI is InChI=1S/C23H34N4O2/c28-22(25-16-18-5-3-11-24-15-18)20-8-4-12-27(17-20)21-9-13-26(14-10-21)23(29)19-6-1-2-7-19/h3,5,11,15,19-21H,1-2,4,6-10,12-14,16-17H2,(H,25,28)/t20-/m0/s1. The maximum absolute atomic E-state index is 12.7. The van der Waals surface area contributed by atoms with Crippen LogP contribution in [0.2, 0.25) is 0 Å².